The molecule has 3 rings (SSSR count). The van der Waals surface area contributed by atoms with Gasteiger partial charge in [0.25, 0.3) is 0 Å². The Morgan fingerprint density at radius 2 is 1.57 bits per heavy atom. The number of aromatic hydroxyl groups is 3. The zero-order chi connectivity index (χ0) is 22.2. The number of rotatable bonds is 6. The van der Waals surface area contributed by atoms with E-state index in [-0.39, 0.29) is 59.3 Å². The number of phenols is 3. The van der Waals surface area contributed by atoms with Crippen LogP contribution in [0.15, 0.2) is 18.2 Å². The fourth-order valence-corrected chi connectivity index (χ4v) is 3.58. The van der Waals surface area contributed by atoms with E-state index < -0.39 is 40.3 Å². The van der Waals surface area contributed by atoms with Gasteiger partial charge in [0.1, 0.15) is 23.0 Å². The van der Waals surface area contributed by atoms with Crippen LogP contribution in [0.1, 0.15) is 62.7 Å². The van der Waals surface area contributed by atoms with E-state index in [0.29, 0.717) is 0 Å². The molecule has 8 nitrogen and oxygen atoms in total. The van der Waals surface area contributed by atoms with Gasteiger partial charge in [0.2, 0.25) is 5.78 Å². The topological polar surface area (TPSA) is 138 Å². The van der Waals surface area contributed by atoms with Crippen LogP contribution in [0, 0.1) is 0 Å². The lowest BCUT2D eigenvalue weighted by atomic mass is 9.79. The lowest BCUT2D eigenvalue weighted by Crippen LogP contribution is -2.23. The molecule has 0 spiro atoms. The quantitative estimate of drug-likeness (QED) is 0.414. The van der Waals surface area contributed by atoms with Crippen LogP contribution in [-0.2, 0) is 27.2 Å². The minimum Gasteiger partial charge on any atom is -0.507 e. The molecule has 0 saturated heterocycles. The van der Waals surface area contributed by atoms with Gasteiger partial charge in [-0.25, -0.2) is 0 Å². The lowest BCUT2D eigenvalue weighted by Gasteiger charge is -2.23. The van der Waals surface area contributed by atoms with Crippen LogP contribution in [0.3, 0.4) is 0 Å². The maximum atomic E-state index is 13.0. The van der Waals surface area contributed by atoms with E-state index in [2.05, 4.69) is 4.74 Å². The standard InChI is InChI=1S/C22H20O8/c1-3-11(23)4-5-12-10(9-16(26)30-2)8-13-17(20(12)27)22(29)19-15(25)7-6-14(24)18(19)21(13)28/h6-8,24-25,27H,3-5,9H2,1-2H3. The Bertz CT molecular complexity index is 1100. The van der Waals surface area contributed by atoms with Crippen molar-refractivity contribution in [2.24, 2.45) is 0 Å². The van der Waals surface area contributed by atoms with E-state index >= 15 is 0 Å². The van der Waals surface area contributed by atoms with Gasteiger partial charge in [-0.05, 0) is 35.7 Å². The third-order valence-electron chi connectivity index (χ3n) is 5.20. The molecule has 0 aromatic heterocycles. The molecule has 1 aliphatic carbocycles. The van der Waals surface area contributed by atoms with Crippen LogP contribution in [0.5, 0.6) is 17.2 Å². The van der Waals surface area contributed by atoms with Crippen molar-refractivity contribution in [1.29, 1.82) is 0 Å². The van der Waals surface area contributed by atoms with E-state index in [1.165, 1.54) is 13.2 Å². The number of benzene rings is 2. The van der Waals surface area contributed by atoms with Gasteiger partial charge in [0.15, 0.2) is 5.78 Å². The summed E-state index contributed by atoms with van der Waals surface area (Å²) in [5.41, 5.74) is -0.878. The number of carbonyl (C=O) groups excluding carboxylic acids is 4. The molecule has 0 amide bonds. The molecule has 0 aliphatic heterocycles. The molecule has 156 valence electrons. The van der Waals surface area contributed by atoms with Crippen molar-refractivity contribution < 1.29 is 39.2 Å². The van der Waals surface area contributed by atoms with Gasteiger partial charge in [-0.2, -0.15) is 0 Å². The zero-order valence-electron chi connectivity index (χ0n) is 16.4. The van der Waals surface area contributed by atoms with Crippen LogP contribution in [0.25, 0.3) is 0 Å². The van der Waals surface area contributed by atoms with E-state index in [4.69, 9.17) is 0 Å². The van der Waals surface area contributed by atoms with Gasteiger partial charge < -0.3 is 20.1 Å². The van der Waals surface area contributed by atoms with Crippen LogP contribution in [0.2, 0.25) is 0 Å². The predicted octanol–water partition coefficient (Wildman–Crippen LogP) is 2.21. The summed E-state index contributed by atoms with van der Waals surface area (Å²) in [7, 11) is 1.19. The first-order valence-electron chi connectivity index (χ1n) is 9.31. The number of Topliss-reactive ketones (excluding diaryl/α,β-unsaturated/α-hetero) is 1. The maximum Gasteiger partial charge on any atom is 0.309 e. The van der Waals surface area contributed by atoms with Gasteiger partial charge in [0.05, 0.1) is 30.2 Å². The molecule has 1 aliphatic rings. The Balaban J connectivity index is 2.24. The number of carbonyl (C=O) groups is 4. The lowest BCUT2D eigenvalue weighted by molar-refractivity contribution is -0.139. The minimum absolute atomic E-state index is 0.0540. The number of ketones is 3. The molecular formula is C22H20O8. The summed E-state index contributed by atoms with van der Waals surface area (Å²) in [4.78, 5) is 49.7. The molecule has 30 heavy (non-hydrogen) atoms. The highest BCUT2D eigenvalue weighted by Gasteiger charge is 2.38. The number of fused-ring (bicyclic) bond motifs is 2. The molecule has 2 aromatic rings. The second kappa shape index (κ2) is 7.98. The second-order valence-corrected chi connectivity index (χ2v) is 6.94. The van der Waals surface area contributed by atoms with Gasteiger partial charge >= 0.3 is 5.97 Å². The van der Waals surface area contributed by atoms with Gasteiger partial charge in [0, 0.05) is 18.4 Å². The maximum absolute atomic E-state index is 13.0. The minimum atomic E-state index is -0.835. The Labute approximate surface area is 171 Å². The predicted molar refractivity (Wildman–Crippen MR) is 104 cm³/mol. The summed E-state index contributed by atoms with van der Waals surface area (Å²) in [6.45, 7) is 1.69. The summed E-state index contributed by atoms with van der Waals surface area (Å²) >= 11 is 0. The monoisotopic (exact) mass is 412 g/mol. The Kier molecular flexibility index (Phi) is 5.60. The van der Waals surface area contributed by atoms with E-state index in [1.807, 2.05) is 0 Å². The zero-order valence-corrected chi connectivity index (χ0v) is 16.4. The Hall–Kier alpha value is -3.68. The first kappa shape index (κ1) is 21.0. The SMILES string of the molecule is CCC(=O)CCc1c(CC(=O)OC)cc2c(c1O)C(=O)c1c(O)ccc(O)c1C2=O. The smallest absolute Gasteiger partial charge is 0.309 e. The van der Waals surface area contributed by atoms with Crippen molar-refractivity contribution in [2.45, 2.75) is 32.6 Å². The third kappa shape index (κ3) is 3.41. The molecule has 0 radical (unpaired) electrons. The average molecular weight is 412 g/mol. The van der Waals surface area contributed by atoms with Gasteiger partial charge in [-0.3, -0.25) is 19.2 Å². The Morgan fingerprint density at radius 3 is 2.13 bits per heavy atom. The number of esters is 1. The normalized spacial score (nSPS) is 12.3. The average Bonchev–Trinajstić information content (AvgIpc) is 2.72. The number of hydrogen-bond donors (Lipinski definition) is 3. The van der Waals surface area contributed by atoms with E-state index in [0.717, 1.165) is 12.1 Å². The van der Waals surface area contributed by atoms with Gasteiger partial charge in [-0.15, -0.1) is 0 Å². The number of phenolic OH excluding ortho intramolecular Hbond substituents is 3. The second-order valence-electron chi connectivity index (χ2n) is 6.94. The molecule has 0 saturated carbocycles. The van der Waals surface area contributed by atoms with Crippen molar-refractivity contribution in [3.05, 3.63) is 51.6 Å². The van der Waals surface area contributed by atoms with E-state index in [1.54, 1.807) is 6.92 Å². The van der Waals surface area contributed by atoms with Crippen LogP contribution in [0.4, 0.5) is 0 Å². The van der Waals surface area contributed by atoms with Crippen LogP contribution in [-0.4, -0.2) is 45.7 Å². The van der Waals surface area contributed by atoms with Crippen LogP contribution >= 0.6 is 0 Å². The molecule has 0 heterocycles. The first-order valence-corrected chi connectivity index (χ1v) is 9.31. The van der Waals surface area contributed by atoms with E-state index in [9.17, 15) is 34.5 Å². The fraction of sp³-hybridized carbons (Fsp3) is 0.273. The van der Waals surface area contributed by atoms with Crippen LogP contribution < -0.4 is 0 Å². The van der Waals surface area contributed by atoms with Crippen molar-refractivity contribution in [1.82, 2.24) is 0 Å². The number of methoxy groups -OCH3 is 1. The van der Waals surface area contributed by atoms with Crippen molar-refractivity contribution in [2.75, 3.05) is 7.11 Å². The largest absolute Gasteiger partial charge is 0.507 e. The molecular weight excluding hydrogens is 392 g/mol. The molecule has 2 aromatic carbocycles. The summed E-state index contributed by atoms with van der Waals surface area (Å²) in [6.07, 6.45) is 0.129. The van der Waals surface area contributed by atoms with Crippen molar-refractivity contribution >= 4 is 23.3 Å². The molecule has 3 N–H and O–H groups in total. The number of hydrogen-bond acceptors (Lipinski definition) is 8. The summed E-state index contributed by atoms with van der Waals surface area (Å²) in [6, 6.07) is 3.46. The van der Waals surface area contributed by atoms with Crippen molar-refractivity contribution in [3.63, 3.8) is 0 Å². The summed E-state index contributed by atoms with van der Waals surface area (Å²) in [5.74, 6) is -3.84. The first-order chi connectivity index (χ1) is 14.2. The van der Waals surface area contributed by atoms with Gasteiger partial charge in [-0.1, -0.05) is 6.92 Å². The van der Waals surface area contributed by atoms with Crippen molar-refractivity contribution in [3.8, 4) is 17.2 Å². The third-order valence-corrected chi connectivity index (χ3v) is 5.20. The molecule has 8 heteroatoms. The number of ether oxygens (including phenoxy) is 1. The molecule has 0 bridgehead atoms. The summed E-state index contributed by atoms with van der Waals surface area (Å²) in [5, 5.41) is 31.1. The molecule has 0 fully saturated rings. The highest BCUT2D eigenvalue weighted by atomic mass is 16.5. The Morgan fingerprint density at radius 1 is 0.967 bits per heavy atom. The highest BCUT2D eigenvalue weighted by Crippen LogP contribution is 2.42. The fourth-order valence-electron chi connectivity index (χ4n) is 3.58. The highest BCUT2D eigenvalue weighted by molar-refractivity contribution is 6.31. The molecule has 0 unspecified atom stereocenters. The summed E-state index contributed by atoms with van der Waals surface area (Å²) < 4.78 is 4.67. The molecule has 0 atom stereocenters.